The molecule has 0 saturated heterocycles. The average Bonchev–Trinajstić information content (AvgIpc) is 2.92. The maximum atomic E-state index is 13.8. The normalized spacial score (nSPS) is 12.6. The van der Waals surface area contributed by atoms with Crippen molar-refractivity contribution in [2.75, 3.05) is 6.54 Å². The molecule has 0 amide bonds. The second kappa shape index (κ2) is 6.63. The minimum absolute atomic E-state index is 0.101. The Morgan fingerprint density at radius 2 is 2.32 bits per heavy atom. The van der Waals surface area contributed by atoms with Gasteiger partial charge >= 0.3 is 0 Å². The second-order valence-electron chi connectivity index (χ2n) is 4.32. The van der Waals surface area contributed by atoms with E-state index in [0.29, 0.717) is 22.8 Å². The van der Waals surface area contributed by atoms with E-state index in [2.05, 4.69) is 27.4 Å². The number of aromatic amines is 1. The van der Waals surface area contributed by atoms with Crippen molar-refractivity contribution in [3.05, 3.63) is 46.8 Å². The lowest BCUT2D eigenvalue weighted by Crippen LogP contribution is -2.25. The van der Waals surface area contributed by atoms with Crippen molar-refractivity contribution in [1.82, 2.24) is 20.5 Å². The second-order valence-corrected chi connectivity index (χ2v) is 4.75. The van der Waals surface area contributed by atoms with Crippen molar-refractivity contribution in [3.8, 4) is 0 Å². The Bertz CT molecular complexity index is 515. The molecule has 0 radical (unpaired) electrons. The first-order valence-electron chi connectivity index (χ1n) is 6.23. The summed E-state index contributed by atoms with van der Waals surface area (Å²) < 4.78 is 13.8. The number of nitrogens with one attached hydrogen (secondary N) is 2. The number of halogens is 2. The van der Waals surface area contributed by atoms with Crippen molar-refractivity contribution in [3.63, 3.8) is 0 Å². The van der Waals surface area contributed by atoms with Gasteiger partial charge in [0.2, 0.25) is 0 Å². The summed E-state index contributed by atoms with van der Waals surface area (Å²) in [6.07, 6.45) is 2.91. The van der Waals surface area contributed by atoms with Gasteiger partial charge in [0.25, 0.3) is 0 Å². The molecule has 6 heteroatoms. The van der Waals surface area contributed by atoms with Gasteiger partial charge in [-0.2, -0.15) is 5.10 Å². The van der Waals surface area contributed by atoms with Crippen molar-refractivity contribution in [1.29, 1.82) is 0 Å². The molecule has 19 heavy (non-hydrogen) atoms. The molecule has 1 aromatic carbocycles. The van der Waals surface area contributed by atoms with E-state index in [4.69, 9.17) is 11.6 Å². The molecule has 0 fully saturated rings. The molecule has 4 nitrogen and oxygen atoms in total. The first kappa shape index (κ1) is 14.0. The Morgan fingerprint density at radius 1 is 1.47 bits per heavy atom. The van der Waals surface area contributed by atoms with E-state index in [1.54, 1.807) is 12.1 Å². The predicted octanol–water partition coefficient (Wildman–Crippen LogP) is 2.88. The van der Waals surface area contributed by atoms with Gasteiger partial charge in [0.1, 0.15) is 18.0 Å². The van der Waals surface area contributed by atoms with Crippen LogP contribution in [0.5, 0.6) is 0 Å². The Balaban J connectivity index is 2.17. The Kier molecular flexibility index (Phi) is 4.87. The highest BCUT2D eigenvalue weighted by molar-refractivity contribution is 6.30. The smallest absolute Gasteiger partial charge is 0.141 e. The third-order valence-corrected chi connectivity index (χ3v) is 3.07. The number of rotatable bonds is 6. The molecule has 0 aliphatic carbocycles. The van der Waals surface area contributed by atoms with Crippen molar-refractivity contribution >= 4 is 11.6 Å². The van der Waals surface area contributed by atoms with Gasteiger partial charge in [-0.3, -0.25) is 5.10 Å². The predicted molar refractivity (Wildman–Crippen MR) is 72.5 cm³/mol. The van der Waals surface area contributed by atoms with Crippen LogP contribution in [0.25, 0.3) is 0 Å². The van der Waals surface area contributed by atoms with Crippen LogP contribution in [-0.4, -0.2) is 21.7 Å². The molecule has 1 heterocycles. The molecule has 2 N–H and O–H groups in total. The zero-order valence-electron chi connectivity index (χ0n) is 10.7. The largest absolute Gasteiger partial charge is 0.307 e. The summed E-state index contributed by atoms with van der Waals surface area (Å²) >= 11 is 5.91. The van der Waals surface area contributed by atoms with E-state index in [-0.39, 0.29) is 11.9 Å². The maximum Gasteiger partial charge on any atom is 0.141 e. The van der Waals surface area contributed by atoms with E-state index in [1.165, 1.54) is 12.4 Å². The zero-order valence-corrected chi connectivity index (χ0v) is 11.4. The molecular weight excluding hydrogens is 267 g/mol. The molecule has 0 aliphatic rings. The number of aromatic nitrogens is 3. The van der Waals surface area contributed by atoms with E-state index in [0.717, 1.165) is 13.0 Å². The standard InChI is InChI=1S/C13H16ClFN4/c1-2-5-16-12(13-17-8-18-19-13)7-9-6-10(14)3-4-11(9)15/h3-4,6,8,12,16H,2,5,7H2,1H3,(H,17,18,19). The van der Waals surface area contributed by atoms with Crippen molar-refractivity contribution < 1.29 is 4.39 Å². The molecule has 0 aliphatic heterocycles. The van der Waals surface area contributed by atoms with Gasteiger partial charge in [0.15, 0.2) is 0 Å². The summed E-state index contributed by atoms with van der Waals surface area (Å²) in [5.41, 5.74) is 0.567. The summed E-state index contributed by atoms with van der Waals surface area (Å²) in [5.74, 6) is 0.444. The number of H-pyrrole nitrogens is 1. The third-order valence-electron chi connectivity index (χ3n) is 2.84. The van der Waals surface area contributed by atoms with Crippen LogP contribution in [0, 0.1) is 5.82 Å². The van der Waals surface area contributed by atoms with E-state index < -0.39 is 0 Å². The molecule has 2 aromatic rings. The van der Waals surface area contributed by atoms with Gasteiger partial charge in [-0.15, -0.1) is 0 Å². The minimum Gasteiger partial charge on any atom is -0.307 e. The molecule has 2 rings (SSSR count). The van der Waals surface area contributed by atoms with Crippen LogP contribution in [0.3, 0.4) is 0 Å². The minimum atomic E-state index is -0.257. The molecular formula is C13H16ClFN4. The van der Waals surface area contributed by atoms with Gasteiger partial charge in [-0.1, -0.05) is 18.5 Å². The van der Waals surface area contributed by atoms with Crippen LogP contribution < -0.4 is 5.32 Å². The maximum absolute atomic E-state index is 13.8. The van der Waals surface area contributed by atoms with Gasteiger partial charge in [-0.05, 0) is 43.1 Å². The van der Waals surface area contributed by atoms with Gasteiger partial charge in [-0.25, -0.2) is 9.37 Å². The first-order chi connectivity index (χ1) is 9.20. The van der Waals surface area contributed by atoms with Crippen LogP contribution in [0.4, 0.5) is 4.39 Å². The van der Waals surface area contributed by atoms with Crippen LogP contribution in [0.2, 0.25) is 5.02 Å². The fourth-order valence-corrected chi connectivity index (χ4v) is 2.08. The topological polar surface area (TPSA) is 53.6 Å². The summed E-state index contributed by atoms with van der Waals surface area (Å²) in [7, 11) is 0. The summed E-state index contributed by atoms with van der Waals surface area (Å²) in [4.78, 5) is 4.13. The molecule has 1 aromatic heterocycles. The van der Waals surface area contributed by atoms with E-state index >= 15 is 0 Å². The Labute approximate surface area is 116 Å². The lowest BCUT2D eigenvalue weighted by molar-refractivity contribution is 0.493. The molecule has 1 unspecified atom stereocenters. The number of hydrogen-bond acceptors (Lipinski definition) is 3. The van der Waals surface area contributed by atoms with Crippen molar-refractivity contribution in [2.24, 2.45) is 0 Å². The first-order valence-corrected chi connectivity index (χ1v) is 6.61. The Hall–Kier alpha value is -1.46. The highest BCUT2D eigenvalue weighted by Gasteiger charge is 2.16. The van der Waals surface area contributed by atoms with Crippen LogP contribution >= 0.6 is 11.6 Å². The highest BCUT2D eigenvalue weighted by atomic mass is 35.5. The molecule has 0 saturated carbocycles. The lowest BCUT2D eigenvalue weighted by atomic mass is 10.0. The SMILES string of the molecule is CCCNC(Cc1cc(Cl)ccc1F)c1ncn[nH]1. The number of benzene rings is 1. The third kappa shape index (κ3) is 3.75. The fourth-order valence-electron chi connectivity index (χ4n) is 1.89. The fraction of sp³-hybridized carbons (Fsp3) is 0.385. The molecule has 0 spiro atoms. The van der Waals surface area contributed by atoms with Gasteiger partial charge in [0, 0.05) is 5.02 Å². The lowest BCUT2D eigenvalue weighted by Gasteiger charge is -2.16. The molecule has 1 atom stereocenters. The average molecular weight is 283 g/mol. The van der Waals surface area contributed by atoms with Crippen LogP contribution in [-0.2, 0) is 6.42 Å². The van der Waals surface area contributed by atoms with Crippen LogP contribution in [0.15, 0.2) is 24.5 Å². The van der Waals surface area contributed by atoms with Gasteiger partial charge < -0.3 is 5.32 Å². The summed E-state index contributed by atoms with van der Waals surface area (Å²) in [6, 6.07) is 4.47. The summed E-state index contributed by atoms with van der Waals surface area (Å²) in [5, 5.41) is 10.5. The molecule has 0 bridgehead atoms. The van der Waals surface area contributed by atoms with Crippen LogP contribution in [0.1, 0.15) is 30.8 Å². The van der Waals surface area contributed by atoms with E-state index in [1.807, 2.05) is 0 Å². The van der Waals surface area contributed by atoms with Crippen molar-refractivity contribution in [2.45, 2.75) is 25.8 Å². The number of hydrogen-bond donors (Lipinski definition) is 2. The number of nitrogens with zero attached hydrogens (tertiary/aromatic N) is 2. The van der Waals surface area contributed by atoms with E-state index in [9.17, 15) is 4.39 Å². The quantitative estimate of drug-likeness (QED) is 0.856. The summed E-state index contributed by atoms with van der Waals surface area (Å²) in [6.45, 7) is 2.90. The zero-order chi connectivity index (χ0) is 13.7. The van der Waals surface area contributed by atoms with Gasteiger partial charge in [0.05, 0.1) is 6.04 Å². The Morgan fingerprint density at radius 3 is 3.00 bits per heavy atom. The molecule has 102 valence electrons. The monoisotopic (exact) mass is 282 g/mol. The highest BCUT2D eigenvalue weighted by Crippen LogP contribution is 2.20.